The van der Waals surface area contributed by atoms with Crippen molar-refractivity contribution in [3.8, 4) is 0 Å². The zero-order valence-corrected chi connectivity index (χ0v) is 16.9. The van der Waals surface area contributed by atoms with E-state index >= 15 is 0 Å². The summed E-state index contributed by atoms with van der Waals surface area (Å²) < 4.78 is 1.41. The van der Waals surface area contributed by atoms with Crippen molar-refractivity contribution < 1.29 is 9.59 Å². The maximum Gasteiger partial charge on any atom is 0.291 e. The number of anilines is 1. The highest BCUT2D eigenvalue weighted by Gasteiger charge is 2.18. The first-order valence-corrected chi connectivity index (χ1v) is 9.10. The number of halogens is 1. The first-order valence-electron chi connectivity index (χ1n) is 8.72. The molecule has 9 heteroatoms. The molecule has 8 nitrogen and oxygen atoms in total. The standard InChI is InChI=1S/C20H19ClN6O2/c1-12(24-25-20(29)18-17(21)13(2)26-27(18)3)14-4-6-16(7-5-14)23-19(28)15-8-10-22-11-9-15/h4-11H,1-3H3,(H,23,28)(H,25,29)/b24-12-. The quantitative estimate of drug-likeness (QED) is 0.498. The van der Waals surface area contributed by atoms with Gasteiger partial charge in [-0.2, -0.15) is 10.2 Å². The van der Waals surface area contributed by atoms with Crippen LogP contribution in [0.15, 0.2) is 53.9 Å². The lowest BCUT2D eigenvalue weighted by atomic mass is 10.1. The molecule has 1 aromatic carbocycles. The van der Waals surface area contributed by atoms with E-state index in [0.29, 0.717) is 27.7 Å². The number of amides is 2. The van der Waals surface area contributed by atoms with E-state index in [1.807, 2.05) is 0 Å². The lowest BCUT2D eigenvalue weighted by molar-refractivity contribution is 0.0944. The van der Waals surface area contributed by atoms with E-state index in [0.717, 1.165) is 5.56 Å². The van der Waals surface area contributed by atoms with Gasteiger partial charge < -0.3 is 5.32 Å². The van der Waals surface area contributed by atoms with Crippen LogP contribution in [0.5, 0.6) is 0 Å². The molecule has 3 rings (SSSR count). The van der Waals surface area contributed by atoms with Crippen LogP contribution in [0, 0.1) is 6.92 Å². The second kappa shape index (κ2) is 8.66. The van der Waals surface area contributed by atoms with Crippen LogP contribution in [0.1, 0.15) is 39.0 Å². The van der Waals surface area contributed by atoms with Crippen LogP contribution in [0.25, 0.3) is 0 Å². The third-order valence-corrected chi connectivity index (χ3v) is 4.64. The Labute approximate surface area is 172 Å². The van der Waals surface area contributed by atoms with Gasteiger partial charge in [0.05, 0.1) is 16.4 Å². The van der Waals surface area contributed by atoms with Crippen LogP contribution in [0.4, 0.5) is 5.69 Å². The highest BCUT2D eigenvalue weighted by molar-refractivity contribution is 6.34. The molecule has 0 saturated carbocycles. The van der Waals surface area contributed by atoms with Gasteiger partial charge >= 0.3 is 0 Å². The van der Waals surface area contributed by atoms with Crippen molar-refractivity contribution in [3.63, 3.8) is 0 Å². The number of carbonyl (C=O) groups excluding carboxylic acids is 2. The van der Waals surface area contributed by atoms with E-state index in [2.05, 4.69) is 25.9 Å². The fourth-order valence-corrected chi connectivity index (χ4v) is 2.88. The summed E-state index contributed by atoms with van der Waals surface area (Å²) in [4.78, 5) is 28.4. The first-order chi connectivity index (χ1) is 13.9. The summed E-state index contributed by atoms with van der Waals surface area (Å²) in [5.74, 6) is -0.667. The van der Waals surface area contributed by atoms with Gasteiger partial charge in [0.25, 0.3) is 11.8 Å². The monoisotopic (exact) mass is 410 g/mol. The number of rotatable bonds is 5. The summed E-state index contributed by atoms with van der Waals surface area (Å²) in [5, 5.41) is 11.3. The lowest BCUT2D eigenvalue weighted by Gasteiger charge is -2.07. The summed E-state index contributed by atoms with van der Waals surface area (Å²) in [6.07, 6.45) is 3.12. The molecule has 2 aromatic heterocycles. The molecule has 29 heavy (non-hydrogen) atoms. The van der Waals surface area contributed by atoms with Crippen LogP contribution in [0.2, 0.25) is 5.02 Å². The number of pyridine rings is 1. The Morgan fingerprint density at radius 2 is 1.69 bits per heavy atom. The molecule has 2 heterocycles. The first kappa shape index (κ1) is 20.2. The highest BCUT2D eigenvalue weighted by atomic mass is 35.5. The third kappa shape index (κ3) is 4.67. The fourth-order valence-electron chi connectivity index (χ4n) is 2.63. The van der Waals surface area contributed by atoms with Crippen molar-refractivity contribution in [2.75, 3.05) is 5.32 Å². The van der Waals surface area contributed by atoms with Crippen LogP contribution in [0.3, 0.4) is 0 Å². The van der Waals surface area contributed by atoms with Gasteiger partial charge in [-0.15, -0.1) is 0 Å². The van der Waals surface area contributed by atoms with Crippen molar-refractivity contribution >= 4 is 34.8 Å². The van der Waals surface area contributed by atoms with Crippen molar-refractivity contribution in [2.45, 2.75) is 13.8 Å². The van der Waals surface area contributed by atoms with E-state index in [9.17, 15) is 9.59 Å². The predicted octanol–water partition coefficient (Wildman–Crippen LogP) is 3.18. The Morgan fingerprint density at radius 3 is 2.28 bits per heavy atom. The SMILES string of the molecule is C/C(=N/NC(=O)c1c(Cl)c(C)nn1C)c1ccc(NC(=O)c2ccncc2)cc1. The molecule has 0 bridgehead atoms. The summed E-state index contributed by atoms with van der Waals surface area (Å²) in [5.41, 5.74) is 5.86. The van der Waals surface area contributed by atoms with Crippen molar-refractivity contribution in [3.05, 3.63) is 76.3 Å². The molecule has 0 radical (unpaired) electrons. The molecule has 0 unspecified atom stereocenters. The van der Waals surface area contributed by atoms with E-state index in [1.54, 1.807) is 69.7 Å². The normalized spacial score (nSPS) is 11.2. The number of benzene rings is 1. The molecule has 0 aliphatic carbocycles. The number of nitrogens with one attached hydrogen (secondary N) is 2. The number of aromatic nitrogens is 3. The Bertz CT molecular complexity index is 1070. The van der Waals surface area contributed by atoms with Crippen LogP contribution < -0.4 is 10.7 Å². The van der Waals surface area contributed by atoms with Gasteiger partial charge in [-0.3, -0.25) is 19.3 Å². The Hall–Kier alpha value is -3.52. The Morgan fingerprint density at radius 1 is 1.03 bits per heavy atom. The zero-order valence-electron chi connectivity index (χ0n) is 16.1. The Kier molecular flexibility index (Phi) is 6.04. The fraction of sp³-hybridized carbons (Fsp3) is 0.150. The van der Waals surface area contributed by atoms with Gasteiger partial charge in [0.2, 0.25) is 0 Å². The summed E-state index contributed by atoms with van der Waals surface area (Å²) >= 11 is 6.11. The molecular weight excluding hydrogens is 392 g/mol. The minimum absolute atomic E-state index is 0.221. The number of aryl methyl sites for hydroxylation is 2. The molecule has 2 amide bonds. The average Bonchev–Trinajstić information content (AvgIpc) is 2.98. The minimum atomic E-state index is -0.446. The summed E-state index contributed by atoms with van der Waals surface area (Å²) in [7, 11) is 1.64. The van der Waals surface area contributed by atoms with Crippen LogP contribution in [-0.4, -0.2) is 32.3 Å². The third-order valence-electron chi connectivity index (χ3n) is 4.19. The Balaban J connectivity index is 1.66. The molecule has 3 aromatic rings. The van der Waals surface area contributed by atoms with E-state index in [4.69, 9.17) is 11.6 Å². The predicted molar refractivity (Wildman–Crippen MR) is 111 cm³/mol. The molecular formula is C20H19ClN6O2. The van der Waals surface area contributed by atoms with Gasteiger partial charge in [-0.05, 0) is 43.7 Å². The molecule has 148 valence electrons. The second-order valence-electron chi connectivity index (χ2n) is 6.28. The van der Waals surface area contributed by atoms with E-state index in [1.165, 1.54) is 4.68 Å². The molecule has 2 N–H and O–H groups in total. The minimum Gasteiger partial charge on any atom is -0.322 e. The second-order valence-corrected chi connectivity index (χ2v) is 6.66. The molecule has 0 saturated heterocycles. The van der Waals surface area contributed by atoms with Gasteiger partial charge in [-0.1, -0.05) is 23.7 Å². The maximum atomic E-state index is 12.3. The van der Waals surface area contributed by atoms with Gasteiger partial charge in [0.1, 0.15) is 5.69 Å². The smallest absolute Gasteiger partial charge is 0.291 e. The summed E-state index contributed by atoms with van der Waals surface area (Å²) in [6, 6.07) is 10.4. The molecule has 0 fully saturated rings. The number of nitrogens with zero attached hydrogens (tertiary/aromatic N) is 4. The number of hydrogen-bond donors (Lipinski definition) is 2. The van der Waals surface area contributed by atoms with E-state index in [-0.39, 0.29) is 11.6 Å². The zero-order chi connectivity index (χ0) is 21.0. The number of carbonyl (C=O) groups is 2. The lowest BCUT2D eigenvalue weighted by Crippen LogP contribution is -2.22. The number of hydrogen-bond acceptors (Lipinski definition) is 5. The topological polar surface area (TPSA) is 101 Å². The largest absolute Gasteiger partial charge is 0.322 e. The number of hydrazone groups is 1. The molecule has 0 aliphatic heterocycles. The molecule has 0 spiro atoms. The average molecular weight is 411 g/mol. The van der Waals surface area contributed by atoms with Crippen molar-refractivity contribution in [1.29, 1.82) is 0 Å². The van der Waals surface area contributed by atoms with Crippen molar-refractivity contribution in [1.82, 2.24) is 20.2 Å². The van der Waals surface area contributed by atoms with Crippen molar-refractivity contribution in [2.24, 2.45) is 12.1 Å². The summed E-state index contributed by atoms with van der Waals surface area (Å²) in [6.45, 7) is 3.49. The van der Waals surface area contributed by atoms with Crippen LogP contribution >= 0.6 is 11.6 Å². The van der Waals surface area contributed by atoms with Gasteiger partial charge in [-0.25, -0.2) is 5.43 Å². The van der Waals surface area contributed by atoms with E-state index < -0.39 is 5.91 Å². The maximum absolute atomic E-state index is 12.3. The molecule has 0 aliphatic rings. The highest BCUT2D eigenvalue weighted by Crippen LogP contribution is 2.19. The van der Waals surface area contributed by atoms with Gasteiger partial charge in [0, 0.05) is 30.7 Å². The molecule has 0 atom stereocenters. The van der Waals surface area contributed by atoms with Crippen LogP contribution in [-0.2, 0) is 7.05 Å². The van der Waals surface area contributed by atoms with Gasteiger partial charge in [0.15, 0.2) is 0 Å².